The van der Waals surface area contributed by atoms with E-state index in [4.69, 9.17) is 0 Å². The van der Waals surface area contributed by atoms with E-state index in [-0.39, 0.29) is 5.91 Å². The number of anilines is 1. The number of carbonyl (C=O) groups excluding carboxylic acids is 1. The van der Waals surface area contributed by atoms with E-state index in [9.17, 15) is 9.18 Å². The number of rotatable bonds is 3. The molecule has 0 aliphatic rings. The standard InChI is InChI=1S/C17H12FN5O/c18-11-3-1-4-12(8-11)21-17(24)10-7-14(20-9-10)15-13-5-2-6-19-16(13)23-22-15/h1-9,20H,(H,21,24)(H,19,22,23). The molecule has 24 heavy (non-hydrogen) atoms. The zero-order valence-electron chi connectivity index (χ0n) is 12.4. The zero-order valence-corrected chi connectivity index (χ0v) is 12.4. The summed E-state index contributed by atoms with van der Waals surface area (Å²) in [6.45, 7) is 0. The third kappa shape index (κ3) is 2.52. The monoisotopic (exact) mass is 321 g/mol. The van der Waals surface area contributed by atoms with Crippen LogP contribution in [-0.4, -0.2) is 26.1 Å². The Bertz CT molecular complexity index is 1040. The Morgan fingerprint density at radius 1 is 1.17 bits per heavy atom. The molecule has 6 nitrogen and oxygen atoms in total. The van der Waals surface area contributed by atoms with Gasteiger partial charge in [0, 0.05) is 23.5 Å². The molecular formula is C17H12FN5O. The summed E-state index contributed by atoms with van der Waals surface area (Å²) in [5.41, 5.74) is 2.91. The van der Waals surface area contributed by atoms with Crippen LogP contribution in [0.15, 0.2) is 54.9 Å². The molecule has 0 spiro atoms. The van der Waals surface area contributed by atoms with Gasteiger partial charge in [-0.25, -0.2) is 9.37 Å². The van der Waals surface area contributed by atoms with Gasteiger partial charge in [-0.2, -0.15) is 5.10 Å². The molecule has 0 unspecified atom stereocenters. The van der Waals surface area contributed by atoms with Crippen molar-refractivity contribution in [2.24, 2.45) is 0 Å². The van der Waals surface area contributed by atoms with Crippen LogP contribution in [0.3, 0.4) is 0 Å². The molecule has 7 heteroatoms. The lowest BCUT2D eigenvalue weighted by Gasteiger charge is -2.03. The second-order valence-corrected chi connectivity index (χ2v) is 5.24. The fourth-order valence-electron chi connectivity index (χ4n) is 2.49. The van der Waals surface area contributed by atoms with E-state index in [0.29, 0.717) is 16.9 Å². The molecule has 0 aliphatic carbocycles. The molecule has 0 saturated heterocycles. The van der Waals surface area contributed by atoms with E-state index in [1.807, 2.05) is 12.1 Å². The van der Waals surface area contributed by atoms with E-state index in [1.165, 1.54) is 18.2 Å². The van der Waals surface area contributed by atoms with Gasteiger partial charge in [0.25, 0.3) is 5.91 Å². The van der Waals surface area contributed by atoms with Gasteiger partial charge in [0.1, 0.15) is 5.82 Å². The summed E-state index contributed by atoms with van der Waals surface area (Å²) in [4.78, 5) is 19.5. The minimum Gasteiger partial charge on any atom is -0.359 e. The highest BCUT2D eigenvalue weighted by molar-refractivity contribution is 6.05. The number of nitrogens with one attached hydrogen (secondary N) is 3. The molecule has 0 atom stereocenters. The second-order valence-electron chi connectivity index (χ2n) is 5.24. The molecule has 0 bridgehead atoms. The normalized spacial score (nSPS) is 10.9. The summed E-state index contributed by atoms with van der Waals surface area (Å²) >= 11 is 0. The molecule has 0 aliphatic heterocycles. The van der Waals surface area contributed by atoms with Crippen LogP contribution in [0.1, 0.15) is 10.4 Å². The van der Waals surface area contributed by atoms with Crippen LogP contribution in [0, 0.1) is 5.82 Å². The van der Waals surface area contributed by atoms with Crippen LogP contribution in [0.2, 0.25) is 0 Å². The number of amides is 1. The lowest BCUT2D eigenvalue weighted by Crippen LogP contribution is -2.10. The Hall–Kier alpha value is -3.48. The van der Waals surface area contributed by atoms with Crippen LogP contribution < -0.4 is 5.32 Å². The quantitative estimate of drug-likeness (QED) is 0.541. The van der Waals surface area contributed by atoms with Crippen molar-refractivity contribution in [2.75, 3.05) is 5.32 Å². The number of hydrogen-bond acceptors (Lipinski definition) is 3. The molecule has 0 fully saturated rings. The number of pyridine rings is 1. The van der Waals surface area contributed by atoms with Crippen LogP contribution in [-0.2, 0) is 0 Å². The van der Waals surface area contributed by atoms with E-state index in [0.717, 1.165) is 16.8 Å². The lowest BCUT2D eigenvalue weighted by atomic mass is 10.2. The fraction of sp³-hybridized carbons (Fsp3) is 0. The van der Waals surface area contributed by atoms with Gasteiger partial charge in [0.2, 0.25) is 0 Å². The Morgan fingerprint density at radius 2 is 2.08 bits per heavy atom. The van der Waals surface area contributed by atoms with E-state index in [1.54, 1.807) is 24.5 Å². The molecule has 4 rings (SSSR count). The topological polar surface area (TPSA) is 86.5 Å². The van der Waals surface area contributed by atoms with Crippen molar-refractivity contribution >= 4 is 22.6 Å². The van der Waals surface area contributed by atoms with Gasteiger partial charge in [0.05, 0.1) is 17.0 Å². The summed E-state index contributed by atoms with van der Waals surface area (Å²) in [7, 11) is 0. The number of fused-ring (bicyclic) bond motifs is 1. The molecule has 4 aromatic rings. The first-order valence-electron chi connectivity index (χ1n) is 7.25. The van der Waals surface area contributed by atoms with Crippen molar-refractivity contribution in [1.82, 2.24) is 20.2 Å². The maximum atomic E-state index is 13.2. The maximum Gasteiger partial charge on any atom is 0.257 e. The van der Waals surface area contributed by atoms with Gasteiger partial charge in [-0.15, -0.1) is 0 Å². The van der Waals surface area contributed by atoms with Crippen LogP contribution in [0.4, 0.5) is 10.1 Å². The number of benzene rings is 1. The van der Waals surface area contributed by atoms with Crippen molar-refractivity contribution in [3.63, 3.8) is 0 Å². The third-order valence-corrected chi connectivity index (χ3v) is 3.63. The number of carbonyl (C=O) groups is 1. The molecule has 3 heterocycles. The van der Waals surface area contributed by atoms with Gasteiger partial charge < -0.3 is 10.3 Å². The average molecular weight is 321 g/mol. The molecule has 3 aromatic heterocycles. The van der Waals surface area contributed by atoms with E-state index >= 15 is 0 Å². The van der Waals surface area contributed by atoms with Crippen LogP contribution in [0.25, 0.3) is 22.4 Å². The van der Waals surface area contributed by atoms with Gasteiger partial charge in [-0.05, 0) is 36.4 Å². The summed E-state index contributed by atoms with van der Waals surface area (Å²) in [5.74, 6) is -0.732. The predicted molar refractivity (Wildman–Crippen MR) is 88.0 cm³/mol. The van der Waals surface area contributed by atoms with Crippen molar-refractivity contribution in [2.45, 2.75) is 0 Å². The van der Waals surface area contributed by atoms with Gasteiger partial charge >= 0.3 is 0 Å². The van der Waals surface area contributed by atoms with Crippen molar-refractivity contribution in [1.29, 1.82) is 0 Å². The Labute approximate surface area is 135 Å². The SMILES string of the molecule is O=C(Nc1cccc(F)c1)c1c[nH]c(-c2[nH]nc3ncccc23)c1. The summed E-state index contributed by atoms with van der Waals surface area (Å²) in [5, 5.41) is 10.6. The number of halogens is 1. The van der Waals surface area contributed by atoms with Crippen LogP contribution in [0.5, 0.6) is 0 Å². The fourth-order valence-corrected chi connectivity index (χ4v) is 2.49. The van der Waals surface area contributed by atoms with Gasteiger partial charge in [-0.1, -0.05) is 6.07 Å². The molecule has 0 radical (unpaired) electrons. The zero-order chi connectivity index (χ0) is 16.5. The number of hydrogen-bond donors (Lipinski definition) is 3. The smallest absolute Gasteiger partial charge is 0.257 e. The van der Waals surface area contributed by atoms with E-state index < -0.39 is 5.82 Å². The first kappa shape index (κ1) is 14.1. The number of aromatic amines is 2. The number of H-pyrrole nitrogens is 2. The summed E-state index contributed by atoms with van der Waals surface area (Å²) < 4.78 is 13.2. The van der Waals surface area contributed by atoms with Crippen LogP contribution >= 0.6 is 0 Å². The van der Waals surface area contributed by atoms with Crippen molar-refractivity contribution < 1.29 is 9.18 Å². The minimum atomic E-state index is -0.404. The second kappa shape index (κ2) is 5.62. The summed E-state index contributed by atoms with van der Waals surface area (Å²) in [6.07, 6.45) is 3.26. The third-order valence-electron chi connectivity index (χ3n) is 3.63. The highest BCUT2D eigenvalue weighted by Crippen LogP contribution is 2.24. The molecule has 1 aromatic carbocycles. The Kier molecular flexibility index (Phi) is 3.31. The molecular weight excluding hydrogens is 309 g/mol. The lowest BCUT2D eigenvalue weighted by molar-refractivity contribution is 0.102. The highest BCUT2D eigenvalue weighted by atomic mass is 19.1. The van der Waals surface area contributed by atoms with Gasteiger partial charge in [0.15, 0.2) is 5.65 Å². The molecule has 0 saturated carbocycles. The maximum absolute atomic E-state index is 13.2. The summed E-state index contributed by atoms with van der Waals surface area (Å²) in [6, 6.07) is 11.2. The largest absolute Gasteiger partial charge is 0.359 e. The number of aromatic nitrogens is 4. The minimum absolute atomic E-state index is 0.329. The first-order chi connectivity index (χ1) is 11.7. The highest BCUT2D eigenvalue weighted by Gasteiger charge is 2.13. The van der Waals surface area contributed by atoms with E-state index in [2.05, 4.69) is 25.5 Å². The molecule has 3 N–H and O–H groups in total. The average Bonchev–Trinajstić information content (AvgIpc) is 3.21. The predicted octanol–water partition coefficient (Wildman–Crippen LogP) is 3.34. The molecule has 1 amide bonds. The van der Waals surface area contributed by atoms with Gasteiger partial charge in [-0.3, -0.25) is 9.89 Å². The Morgan fingerprint density at radius 3 is 2.96 bits per heavy atom. The Balaban J connectivity index is 1.61. The number of nitrogens with zero attached hydrogens (tertiary/aromatic N) is 2. The molecule has 118 valence electrons. The first-order valence-corrected chi connectivity index (χ1v) is 7.25. The van der Waals surface area contributed by atoms with Crippen molar-refractivity contribution in [3.05, 3.63) is 66.2 Å². The van der Waals surface area contributed by atoms with Crippen molar-refractivity contribution in [3.8, 4) is 11.4 Å².